The minimum atomic E-state index is -3.67. The van der Waals surface area contributed by atoms with Crippen molar-refractivity contribution in [3.63, 3.8) is 0 Å². The van der Waals surface area contributed by atoms with E-state index >= 15 is 0 Å². The van der Waals surface area contributed by atoms with Gasteiger partial charge in [-0.1, -0.05) is 6.07 Å². The summed E-state index contributed by atoms with van der Waals surface area (Å²) in [7, 11) is -2.06. The predicted octanol–water partition coefficient (Wildman–Crippen LogP) is 2.21. The molecule has 1 aromatic carbocycles. The molecule has 0 radical (unpaired) electrons. The second-order valence-electron chi connectivity index (χ2n) is 5.97. The Balaban J connectivity index is 1.71. The highest BCUT2D eigenvalue weighted by atomic mass is 32.2. The van der Waals surface area contributed by atoms with E-state index in [1.807, 2.05) is 6.07 Å². The van der Waals surface area contributed by atoms with Crippen LogP contribution >= 0.6 is 0 Å². The number of hydrogen-bond acceptors (Lipinski definition) is 6. The Morgan fingerprint density at radius 2 is 1.76 bits per heavy atom. The van der Waals surface area contributed by atoms with Crippen LogP contribution in [-0.2, 0) is 27.6 Å². The molecule has 8 heteroatoms. The van der Waals surface area contributed by atoms with Gasteiger partial charge in [0.25, 0.3) is 10.0 Å². The maximum atomic E-state index is 12.6. The normalized spacial score (nSPS) is 14.0. The number of fused-ring (bicyclic) bond motifs is 1. The molecule has 25 heavy (non-hydrogen) atoms. The van der Waals surface area contributed by atoms with Crippen molar-refractivity contribution in [1.29, 1.82) is 0 Å². The number of rotatable bonds is 7. The molecule has 0 atom stereocenters. The van der Waals surface area contributed by atoms with Gasteiger partial charge in [-0.05, 0) is 61.1 Å². The summed E-state index contributed by atoms with van der Waals surface area (Å²) in [6, 6.07) is 8.59. The van der Waals surface area contributed by atoms with Crippen molar-refractivity contribution in [2.75, 3.05) is 30.3 Å². The first kappa shape index (κ1) is 17.6. The zero-order valence-corrected chi connectivity index (χ0v) is 15.0. The highest BCUT2D eigenvalue weighted by molar-refractivity contribution is 7.92. The van der Waals surface area contributed by atoms with Gasteiger partial charge in [0.2, 0.25) is 0 Å². The van der Waals surface area contributed by atoms with Crippen LogP contribution in [0.5, 0.6) is 0 Å². The Morgan fingerprint density at radius 1 is 1.04 bits per heavy atom. The van der Waals surface area contributed by atoms with Crippen molar-refractivity contribution in [2.45, 2.75) is 30.6 Å². The fourth-order valence-corrected chi connectivity index (χ4v) is 3.88. The monoisotopic (exact) mass is 362 g/mol. The molecule has 134 valence electrons. The van der Waals surface area contributed by atoms with E-state index in [0.29, 0.717) is 19.0 Å². The molecule has 1 aliphatic carbocycles. The van der Waals surface area contributed by atoms with E-state index in [4.69, 9.17) is 4.74 Å². The van der Waals surface area contributed by atoms with E-state index in [0.717, 1.165) is 31.2 Å². The van der Waals surface area contributed by atoms with Crippen LogP contribution in [0, 0.1) is 0 Å². The molecule has 7 nitrogen and oxygen atoms in total. The molecule has 0 saturated heterocycles. The summed E-state index contributed by atoms with van der Waals surface area (Å²) >= 11 is 0. The van der Waals surface area contributed by atoms with Crippen LogP contribution in [0.2, 0.25) is 0 Å². The summed E-state index contributed by atoms with van der Waals surface area (Å²) in [5.41, 5.74) is 2.37. The molecule has 1 aromatic heterocycles. The lowest BCUT2D eigenvalue weighted by atomic mass is 9.92. The average Bonchev–Trinajstić information content (AvgIpc) is 2.63. The molecule has 0 saturated carbocycles. The number of ether oxygens (including phenoxy) is 1. The summed E-state index contributed by atoms with van der Waals surface area (Å²) in [6.07, 6.45) is 4.22. The van der Waals surface area contributed by atoms with Gasteiger partial charge in [0.1, 0.15) is 5.82 Å². The quantitative estimate of drug-likeness (QED) is 0.734. The van der Waals surface area contributed by atoms with Crippen molar-refractivity contribution in [3.8, 4) is 0 Å². The highest BCUT2D eigenvalue weighted by Gasteiger charge is 2.18. The number of hydrogen-bond donors (Lipinski definition) is 2. The maximum absolute atomic E-state index is 12.6. The Bertz CT molecular complexity index is 822. The number of methoxy groups -OCH3 is 1. The molecule has 0 aliphatic heterocycles. The zero-order chi connectivity index (χ0) is 17.7. The smallest absolute Gasteiger partial charge is 0.263 e. The Kier molecular flexibility index (Phi) is 5.50. The first-order valence-corrected chi connectivity index (χ1v) is 9.78. The van der Waals surface area contributed by atoms with Gasteiger partial charge in [-0.3, -0.25) is 4.72 Å². The second kappa shape index (κ2) is 7.79. The van der Waals surface area contributed by atoms with Crippen molar-refractivity contribution in [3.05, 3.63) is 41.5 Å². The summed E-state index contributed by atoms with van der Waals surface area (Å²) in [6.45, 7) is 1.15. The van der Waals surface area contributed by atoms with Crippen LogP contribution in [0.25, 0.3) is 0 Å². The molecule has 2 aromatic rings. The molecule has 1 aliphatic rings. The van der Waals surface area contributed by atoms with Gasteiger partial charge in [0, 0.05) is 13.7 Å². The third kappa shape index (κ3) is 4.46. The maximum Gasteiger partial charge on any atom is 0.263 e. The first-order chi connectivity index (χ1) is 12.1. The fourth-order valence-electron chi connectivity index (χ4n) is 2.84. The van der Waals surface area contributed by atoms with Crippen molar-refractivity contribution in [1.82, 2.24) is 10.2 Å². The molecule has 0 spiro atoms. The Hall–Kier alpha value is -2.19. The zero-order valence-electron chi connectivity index (χ0n) is 14.2. The van der Waals surface area contributed by atoms with E-state index < -0.39 is 10.0 Å². The molecular formula is C17H22N4O3S. The van der Waals surface area contributed by atoms with E-state index in [-0.39, 0.29) is 10.7 Å². The van der Waals surface area contributed by atoms with Gasteiger partial charge >= 0.3 is 0 Å². The van der Waals surface area contributed by atoms with Crippen LogP contribution in [-0.4, -0.2) is 38.9 Å². The Morgan fingerprint density at radius 3 is 2.48 bits per heavy atom. The van der Waals surface area contributed by atoms with Crippen LogP contribution in [0.4, 0.5) is 11.6 Å². The number of nitrogens with zero attached hydrogens (tertiary/aromatic N) is 2. The summed E-state index contributed by atoms with van der Waals surface area (Å²) in [5.74, 6) is 0.754. The number of sulfonamides is 1. The van der Waals surface area contributed by atoms with Gasteiger partial charge < -0.3 is 10.1 Å². The molecule has 2 N–H and O–H groups in total. The highest BCUT2D eigenvalue weighted by Crippen LogP contribution is 2.25. The largest absolute Gasteiger partial charge is 0.383 e. The predicted molar refractivity (Wildman–Crippen MR) is 96.3 cm³/mol. The van der Waals surface area contributed by atoms with Crippen molar-refractivity contribution < 1.29 is 13.2 Å². The van der Waals surface area contributed by atoms with E-state index in [1.165, 1.54) is 5.56 Å². The van der Waals surface area contributed by atoms with E-state index in [1.54, 1.807) is 31.4 Å². The van der Waals surface area contributed by atoms with Gasteiger partial charge in [0.05, 0.1) is 11.5 Å². The molecule has 3 rings (SSSR count). The number of aromatic nitrogens is 2. The number of benzene rings is 1. The van der Waals surface area contributed by atoms with Crippen LogP contribution in [0.3, 0.4) is 0 Å². The minimum absolute atomic E-state index is 0.190. The average molecular weight is 362 g/mol. The second-order valence-corrected chi connectivity index (χ2v) is 7.65. The topological polar surface area (TPSA) is 93.2 Å². The molecule has 0 fully saturated rings. The van der Waals surface area contributed by atoms with Gasteiger partial charge in [-0.15, -0.1) is 10.2 Å². The van der Waals surface area contributed by atoms with Crippen molar-refractivity contribution in [2.24, 2.45) is 0 Å². The molecule has 0 bridgehead atoms. The standard InChI is InChI=1S/C17H22N4O3S/c1-24-11-10-18-16-8-9-17(20-19-16)21-25(22,23)15-7-6-13-4-2-3-5-14(13)12-15/h6-9,12H,2-5,10-11H2,1H3,(H,18,19)(H,20,21). The molecule has 0 amide bonds. The molecule has 1 heterocycles. The fraction of sp³-hybridized carbons (Fsp3) is 0.412. The van der Waals surface area contributed by atoms with Crippen LogP contribution in [0.1, 0.15) is 24.0 Å². The van der Waals surface area contributed by atoms with Gasteiger partial charge in [-0.2, -0.15) is 0 Å². The lowest BCUT2D eigenvalue weighted by Crippen LogP contribution is -2.16. The molecular weight excluding hydrogens is 340 g/mol. The van der Waals surface area contributed by atoms with E-state index in [9.17, 15) is 8.42 Å². The van der Waals surface area contributed by atoms with Crippen LogP contribution in [0.15, 0.2) is 35.2 Å². The van der Waals surface area contributed by atoms with Gasteiger partial charge in [0.15, 0.2) is 5.82 Å². The third-order valence-corrected chi connectivity index (χ3v) is 5.50. The SMILES string of the molecule is COCCNc1ccc(NS(=O)(=O)c2ccc3c(c2)CCCC3)nn1. The van der Waals surface area contributed by atoms with Crippen molar-refractivity contribution >= 4 is 21.7 Å². The number of anilines is 2. The molecule has 0 unspecified atom stereocenters. The lowest BCUT2D eigenvalue weighted by molar-refractivity contribution is 0.210. The van der Waals surface area contributed by atoms with E-state index in [2.05, 4.69) is 20.2 Å². The van der Waals surface area contributed by atoms with Gasteiger partial charge in [-0.25, -0.2) is 8.42 Å². The first-order valence-electron chi connectivity index (χ1n) is 8.30. The third-order valence-electron chi connectivity index (χ3n) is 4.15. The Labute approximate surface area is 147 Å². The number of aryl methyl sites for hydroxylation is 2. The number of nitrogens with one attached hydrogen (secondary N) is 2. The summed E-state index contributed by atoms with van der Waals surface area (Å²) in [5, 5.41) is 10.9. The minimum Gasteiger partial charge on any atom is -0.383 e. The lowest BCUT2D eigenvalue weighted by Gasteiger charge is -2.16. The summed E-state index contributed by atoms with van der Waals surface area (Å²) < 4.78 is 32.6. The van der Waals surface area contributed by atoms with Crippen LogP contribution < -0.4 is 10.0 Å². The summed E-state index contributed by atoms with van der Waals surface area (Å²) in [4.78, 5) is 0.261.